The van der Waals surface area contributed by atoms with Gasteiger partial charge in [-0.3, -0.25) is 0 Å². The first-order chi connectivity index (χ1) is 11.0. The Morgan fingerprint density at radius 3 is 2.57 bits per heavy atom. The van der Waals surface area contributed by atoms with Gasteiger partial charge in [-0.2, -0.15) is 0 Å². The van der Waals surface area contributed by atoms with E-state index in [1.54, 1.807) is 24.3 Å². The van der Waals surface area contributed by atoms with Crippen molar-refractivity contribution in [3.05, 3.63) is 76.9 Å². The van der Waals surface area contributed by atoms with Crippen LogP contribution >= 0.6 is 0 Å². The molecule has 0 heterocycles. The van der Waals surface area contributed by atoms with Gasteiger partial charge in [0.1, 0.15) is 5.82 Å². The van der Waals surface area contributed by atoms with Crippen molar-refractivity contribution in [3.63, 3.8) is 0 Å². The molecule has 0 spiro atoms. The molecule has 0 aliphatic carbocycles. The Morgan fingerprint density at radius 2 is 1.91 bits per heavy atom. The van der Waals surface area contributed by atoms with Gasteiger partial charge in [-0.25, -0.2) is 17.5 Å². The number of rotatable bonds is 7. The molecule has 0 amide bonds. The molecule has 4 nitrogen and oxygen atoms in total. The van der Waals surface area contributed by atoms with Gasteiger partial charge in [-0.1, -0.05) is 42.5 Å². The zero-order chi connectivity index (χ0) is 16.7. The lowest BCUT2D eigenvalue weighted by molar-refractivity contribution is 0.107. The Labute approximate surface area is 135 Å². The Balaban J connectivity index is 2.01. The molecule has 2 aromatic rings. The van der Waals surface area contributed by atoms with Crippen LogP contribution in [0.15, 0.2) is 60.0 Å². The smallest absolute Gasteiger partial charge is 0.233 e. The summed E-state index contributed by atoms with van der Waals surface area (Å²) in [6, 6.07) is 15.0. The number of ether oxygens (including phenoxy) is 1. The van der Waals surface area contributed by atoms with Crippen LogP contribution in [0.2, 0.25) is 0 Å². The van der Waals surface area contributed by atoms with Gasteiger partial charge in [0, 0.05) is 19.1 Å². The molecule has 1 atom stereocenters. The maximum Gasteiger partial charge on any atom is 0.233 e. The largest absolute Gasteiger partial charge is 0.375 e. The average molecular weight is 335 g/mol. The third-order valence-corrected chi connectivity index (χ3v) is 4.28. The summed E-state index contributed by atoms with van der Waals surface area (Å²) >= 11 is 0. The van der Waals surface area contributed by atoms with E-state index in [0.717, 1.165) is 11.0 Å². The number of hydrogen-bond acceptors (Lipinski definition) is 3. The third kappa shape index (κ3) is 5.59. The number of sulfonamides is 1. The fraction of sp³-hybridized carbons (Fsp3) is 0.176. The summed E-state index contributed by atoms with van der Waals surface area (Å²) in [6.07, 6.45) is 0.942. The molecule has 1 unspecified atom stereocenters. The molecule has 0 bridgehead atoms. The second kappa shape index (κ2) is 8.01. The fourth-order valence-electron chi connectivity index (χ4n) is 2.02. The van der Waals surface area contributed by atoms with Crippen LogP contribution in [0.3, 0.4) is 0 Å². The van der Waals surface area contributed by atoms with Crippen LogP contribution in [0.4, 0.5) is 4.39 Å². The average Bonchev–Trinajstić information content (AvgIpc) is 2.55. The molecule has 23 heavy (non-hydrogen) atoms. The monoisotopic (exact) mass is 335 g/mol. The second-order valence-corrected chi connectivity index (χ2v) is 6.54. The molecule has 122 valence electrons. The van der Waals surface area contributed by atoms with E-state index in [0.29, 0.717) is 5.56 Å². The minimum Gasteiger partial charge on any atom is -0.375 e. The minimum atomic E-state index is -3.61. The summed E-state index contributed by atoms with van der Waals surface area (Å²) in [5, 5.41) is 1.10. The fourth-order valence-corrected chi connectivity index (χ4v) is 2.83. The highest BCUT2D eigenvalue weighted by Gasteiger charge is 2.14. The molecule has 2 aromatic carbocycles. The van der Waals surface area contributed by atoms with Crippen molar-refractivity contribution in [2.75, 3.05) is 13.7 Å². The van der Waals surface area contributed by atoms with Crippen LogP contribution in [0.5, 0.6) is 0 Å². The zero-order valence-electron chi connectivity index (χ0n) is 12.6. The number of nitrogens with one attached hydrogen (secondary N) is 1. The quantitative estimate of drug-likeness (QED) is 0.846. The van der Waals surface area contributed by atoms with Crippen molar-refractivity contribution in [3.8, 4) is 0 Å². The van der Waals surface area contributed by atoms with Gasteiger partial charge < -0.3 is 4.74 Å². The lowest BCUT2D eigenvalue weighted by Gasteiger charge is -2.16. The minimum absolute atomic E-state index is 0.0153. The van der Waals surface area contributed by atoms with Crippen molar-refractivity contribution < 1.29 is 17.5 Å². The molecule has 0 aromatic heterocycles. The third-order valence-electron chi connectivity index (χ3n) is 3.21. The lowest BCUT2D eigenvalue weighted by Crippen LogP contribution is -2.27. The summed E-state index contributed by atoms with van der Waals surface area (Å²) in [5.41, 5.74) is 1.36. The van der Waals surface area contributed by atoms with E-state index in [1.807, 2.05) is 18.2 Å². The normalized spacial score (nSPS) is 13.3. The Kier molecular flexibility index (Phi) is 6.04. The van der Waals surface area contributed by atoms with Crippen molar-refractivity contribution in [1.82, 2.24) is 4.72 Å². The summed E-state index contributed by atoms with van der Waals surface area (Å²) < 4.78 is 44.9. The summed E-state index contributed by atoms with van der Waals surface area (Å²) in [4.78, 5) is 0. The first-order valence-electron chi connectivity index (χ1n) is 7.01. The van der Waals surface area contributed by atoms with E-state index in [9.17, 15) is 12.8 Å². The summed E-state index contributed by atoms with van der Waals surface area (Å²) in [6.45, 7) is 0.0153. The van der Waals surface area contributed by atoms with Crippen LogP contribution in [0.1, 0.15) is 17.2 Å². The van der Waals surface area contributed by atoms with E-state index >= 15 is 0 Å². The van der Waals surface area contributed by atoms with Gasteiger partial charge >= 0.3 is 0 Å². The molecule has 0 aliphatic heterocycles. The Bertz CT molecular complexity index is 760. The molecule has 2 rings (SSSR count). The van der Waals surface area contributed by atoms with Crippen LogP contribution in [0, 0.1) is 5.82 Å². The van der Waals surface area contributed by atoms with E-state index < -0.39 is 21.9 Å². The second-order valence-electron chi connectivity index (χ2n) is 4.89. The molecular weight excluding hydrogens is 317 g/mol. The van der Waals surface area contributed by atoms with Gasteiger partial charge in [0.05, 0.1) is 6.10 Å². The van der Waals surface area contributed by atoms with Crippen LogP contribution < -0.4 is 4.72 Å². The molecule has 0 aliphatic rings. The highest BCUT2D eigenvalue weighted by Crippen LogP contribution is 2.17. The molecule has 0 fully saturated rings. The number of benzene rings is 2. The lowest BCUT2D eigenvalue weighted by atomic mass is 10.1. The number of methoxy groups -OCH3 is 1. The molecule has 0 saturated heterocycles. The van der Waals surface area contributed by atoms with Gasteiger partial charge in [0.2, 0.25) is 10.0 Å². The standard InChI is InChI=1S/C17H18FNO3S/c1-22-17(15-8-5-9-16(18)12-15)13-19-23(20,21)11-10-14-6-3-2-4-7-14/h2-12,17,19H,13H2,1H3/b11-10+. The molecule has 6 heteroatoms. The van der Waals surface area contributed by atoms with E-state index in [2.05, 4.69) is 4.72 Å². The SMILES string of the molecule is COC(CNS(=O)(=O)/C=C/c1ccccc1)c1cccc(F)c1. The van der Waals surface area contributed by atoms with Crippen molar-refractivity contribution in [2.45, 2.75) is 6.10 Å². The van der Waals surface area contributed by atoms with Gasteiger partial charge in [0.15, 0.2) is 0 Å². The highest BCUT2D eigenvalue weighted by molar-refractivity contribution is 7.92. The topological polar surface area (TPSA) is 55.4 Å². The van der Waals surface area contributed by atoms with Crippen LogP contribution in [-0.2, 0) is 14.8 Å². The number of halogens is 1. The Morgan fingerprint density at radius 1 is 1.17 bits per heavy atom. The van der Waals surface area contributed by atoms with E-state index in [1.165, 1.54) is 25.3 Å². The molecular formula is C17H18FNO3S. The maximum atomic E-state index is 13.2. The van der Waals surface area contributed by atoms with Gasteiger partial charge in [-0.15, -0.1) is 0 Å². The molecule has 1 N–H and O–H groups in total. The first kappa shape index (κ1) is 17.3. The van der Waals surface area contributed by atoms with E-state index in [4.69, 9.17) is 4.74 Å². The summed E-state index contributed by atoms with van der Waals surface area (Å²) in [7, 11) is -2.16. The van der Waals surface area contributed by atoms with Crippen LogP contribution in [0.25, 0.3) is 6.08 Å². The van der Waals surface area contributed by atoms with E-state index in [-0.39, 0.29) is 6.54 Å². The number of hydrogen-bond donors (Lipinski definition) is 1. The molecule has 0 saturated carbocycles. The summed E-state index contributed by atoms with van der Waals surface area (Å²) in [5.74, 6) is -0.392. The maximum absolute atomic E-state index is 13.2. The highest BCUT2D eigenvalue weighted by atomic mass is 32.2. The molecule has 0 radical (unpaired) electrons. The van der Waals surface area contributed by atoms with Gasteiger partial charge in [0.25, 0.3) is 0 Å². The Hall–Kier alpha value is -2.02. The van der Waals surface area contributed by atoms with Crippen molar-refractivity contribution in [1.29, 1.82) is 0 Å². The van der Waals surface area contributed by atoms with Crippen molar-refractivity contribution in [2.24, 2.45) is 0 Å². The van der Waals surface area contributed by atoms with Crippen molar-refractivity contribution >= 4 is 16.1 Å². The van der Waals surface area contributed by atoms with Gasteiger partial charge in [-0.05, 0) is 29.3 Å². The van der Waals surface area contributed by atoms with Crippen LogP contribution in [-0.4, -0.2) is 22.1 Å². The zero-order valence-corrected chi connectivity index (χ0v) is 13.5. The predicted molar refractivity (Wildman–Crippen MR) is 88.5 cm³/mol. The predicted octanol–water partition coefficient (Wildman–Crippen LogP) is 3.10. The first-order valence-corrected chi connectivity index (χ1v) is 8.56.